The fourth-order valence-electron chi connectivity index (χ4n) is 3.07. The molecule has 2 aromatic carbocycles. The largest absolute Gasteiger partial charge is 0.497 e. The molecule has 8 heteroatoms. The van der Waals surface area contributed by atoms with Crippen LogP contribution in [0.5, 0.6) is 5.75 Å². The van der Waals surface area contributed by atoms with Gasteiger partial charge in [-0.15, -0.1) is 0 Å². The van der Waals surface area contributed by atoms with Crippen LogP contribution in [0.4, 0.5) is 4.39 Å². The first-order valence-corrected chi connectivity index (χ1v) is 9.49. The van der Waals surface area contributed by atoms with Gasteiger partial charge in [0.1, 0.15) is 23.8 Å². The Kier molecular flexibility index (Phi) is 5.79. The zero-order valence-electron chi connectivity index (χ0n) is 16.6. The lowest BCUT2D eigenvalue weighted by atomic mass is 10.1. The van der Waals surface area contributed by atoms with Crippen LogP contribution >= 0.6 is 0 Å². The number of hydrogen-bond acceptors (Lipinski definition) is 7. The number of benzene rings is 2. The number of oxazole rings is 1. The topological polar surface area (TPSA) is 91.8 Å². The van der Waals surface area contributed by atoms with Gasteiger partial charge in [-0.05, 0) is 36.4 Å². The van der Waals surface area contributed by atoms with Gasteiger partial charge in [0.15, 0.2) is 11.7 Å². The molecule has 0 saturated heterocycles. The fraction of sp³-hybridized carbons (Fsp3) is 0.174. The molecule has 2 heterocycles. The number of hydrogen-bond donors (Lipinski definition) is 0. The minimum absolute atomic E-state index is 0.0522. The number of fused-ring (bicyclic) bond motifs is 1. The quantitative estimate of drug-likeness (QED) is 0.324. The summed E-state index contributed by atoms with van der Waals surface area (Å²) >= 11 is 0. The van der Waals surface area contributed by atoms with Crippen LogP contribution in [0.25, 0.3) is 22.3 Å². The van der Waals surface area contributed by atoms with Gasteiger partial charge in [-0.3, -0.25) is 4.79 Å². The molecule has 0 fully saturated rings. The average molecular weight is 423 g/mol. The van der Waals surface area contributed by atoms with E-state index in [0.29, 0.717) is 39.5 Å². The monoisotopic (exact) mass is 423 g/mol. The van der Waals surface area contributed by atoms with Crippen LogP contribution in [0, 0.1) is 5.82 Å². The highest BCUT2D eigenvalue weighted by atomic mass is 19.1. The van der Waals surface area contributed by atoms with E-state index in [1.165, 1.54) is 31.5 Å². The van der Waals surface area contributed by atoms with Gasteiger partial charge in [-0.2, -0.15) is 0 Å². The summed E-state index contributed by atoms with van der Waals surface area (Å²) in [6.07, 6.45) is 1.82. The molecule has 31 heavy (non-hydrogen) atoms. The predicted octanol–water partition coefficient (Wildman–Crippen LogP) is 4.27. The molecule has 0 saturated carbocycles. The number of nitrogens with zero attached hydrogens (tertiary/aromatic N) is 1. The van der Waals surface area contributed by atoms with Crippen molar-refractivity contribution < 1.29 is 27.5 Å². The SMILES string of the molecule is COc1ccc2c(COC(=O)CCc3ncc(-c4ccc(F)cc4)o3)cc(=O)oc2c1. The van der Waals surface area contributed by atoms with Gasteiger partial charge in [0.25, 0.3) is 0 Å². The smallest absolute Gasteiger partial charge is 0.336 e. The van der Waals surface area contributed by atoms with Crippen LogP contribution in [0.2, 0.25) is 0 Å². The molecule has 0 atom stereocenters. The summed E-state index contributed by atoms with van der Waals surface area (Å²) in [6, 6.07) is 12.2. The molecule has 0 N–H and O–H groups in total. The Bertz CT molecular complexity index is 1280. The maximum absolute atomic E-state index is 13.0. The molecular formula is C23H18FNO6. The van der Waals surface area contributed by atoms with Gasteiger partial charge in [0, 0.05) is 35.1 Å². The molecule has 0 spiro atoms. The summed E-state index contributed by atoms with van der Waals surface area (Å²) in [7, 11) is 1.52. The second kappa shape index (κ2) is 8.83. The number of rotatable bonds is 7. The highest BCUT2D eigenvalue weighted by Crippen LogP contribution is 2.24. The maximum atomic E-state index is 13.0. The number of carbonyl (C=O) groups excluding carboxylic acids is 1. The number of methoxy groups -OCH3 is 1. The average Bonchev–Trinajstić information content (AvgIpc) is 3.25. The number of aryl methyl sites for hydroxylation is 1. The summed E-state index contributed by atoms with van der Waals surface area (Å²) < 4.78 is 34.3. The van der Waals surface area contributed by atoms with Gasteiger partial charge >= 0.3 is 11.6 Å². The van der Waals surface area contributed by atoms with E-state index in [-0.39, 0.29) is 25.3 Å². The van der Waals surface area contributed by atoms with E-state index < -0.39 is 11.6 Å². The molecule has 0 amide bonds. The lowest BCUT2D eigenvalue weighted by Crippen LogP contribution is -2.08. The van der Waals surface area contributed by atoms with Gasteiger partial charge in [-0.25, -0.2) is 14.2 Å². The molecule has 0 aliphatic heterocycles. The van der Waals surface area contributed by atoms with Crippen LogP contribution in [-0.2, 0) is 22.6 Å². The number of aromatic nitrogens is 1. The second-order valence-electron chi connectivity index (χ2n) is 6.74. The number of halogens is 1. The van der Waals surface area contributed by atoms with E-state index in [1.54, 1.807) is 30.3 Å². The van der Waals surface area contributed by atoms with Crippen LogP contribution in [0.15, 0.2) is 68.4 Å². The van der Waals surface area contributed by atoms with E-state index >= 15 is 0 Å². The molecule has 0 aliphatic rings. The molecule has 0 unspecified atom stereocenters. The van der Waals surface area contributed by atoms with E-state index in [2.05, 4.69) is 4.98 Å². The van der Waals surface area contributed by atoms with E-state index in [1.807, 2.05) is 0 Å². The van der Waals surface area contributed by atoms with Crippen molar-refractivity contribution in [2.45, 2.75) is 19.4 Å². The summed E-state index contributed by atoms with van der Waals surface area (Å²) in [5, 5.41) is 0.657. The van der Waals surface area contributed by atoms with E-state index in [4.69, 9.17) is 18.3 Å². The molecule has 4 rings (SSSR count). The first kappa shape index (κ1) is 20.3. The van der Waals surface area contributed by atoms with Crippen molar-refractivity contribution in [3.05, 3.63) is 82.4 Å². The van der Waals surface area contributed by atoms with Crippen molar-refractivity contribution in [2.75, 3.05) is 7.11 Å². The normalized spacial score (nSPS) is 10.9. The van der Waals surface area contributed by atoms with Crippen molar-refractivity contribution in [3.8, 4) is 17.1 Å². The van der Waals surface area contributed by atoms with Crippen molar-refractivity contribution in [2.24, 2.45) is 0 Å². The van der Waals surface area contributed by atoms with Crippen LogP contribution in [-0.4, -0.2) is 18.1 Å². The molecular weight excluding hydrogens is 405 g/mol. The molecule has 0 radical (unpaired) electrons. The zero-order chi connectivity index (χ0) is 21.8. The summed E-state index contributed by atoms with van der Waals surface area (Å²) in [5.41, 5.74) is 1.04. The fourth-order valence-corrected chi connectivity index (χ4v) is 3.07. The Morgan fingerprint density at radius 2 is 1.90 bits per heavy atom. The van der Waals surface area contributed by atoms with E-state index in [9.17, 15) is 14.0 Å². The number of ether oxygens (including phenoxy) is 2. The van der Waals surface area contributed by atoms with Crippen molar-refractivity contribution >= 4 is 16.9 Å². The van der Waals surface area contributed by atoms with E-state index in [0.717, 1.165) is 0 Å². The molecule has 7 nitrogen and oxygen atoms in total. The van der Waals surface area contributed by atoms with Gasteiger partial charge in [-0.1, -0.05) is 0 Å². The van der Waals surface area contributed by atoms with Gasteiger partial charge in [0.2, 0.25) is 0 Å². The molecule has 158 valence electrons. The summed E-state index contributed by atoms with van der Waals surface area (Å²) in [5.74, 6) is 0.608. The van der Waals surface area contributed by atoms with Crippen molar-refractivity contribution in [1.29, 1.82) is 0 Å². The molecule has 2 aromatic heterocycles. The Labute approximate surface area is 176 Å². The standard InChI is InChI=1S/C23H18FNO6/c1-28-17-6-7-18-15(10-23(27)31-19(18)11-17)13-29-22(26)9-8-21-25-12-20(30-21)14-2-4-16(24)5-3-14/h2-7,10-12H,8-9,13H2,1H3. The minimum Gasteiger partial charge on any atom is -0.497 e. The number of esters is 1. The molecule has 4 aromatic rings. The third-order valence-corrected chi connectivity index (χ3v) is 4.65. The minimum atomic E-state index is -0.542. The lowest BCUT2D eigenvalue weighted by molar-refractivity contribution is -0.144. The Morgan fingerprint density at radius 1 is 1.10 bits per heavy atom. The third-order valence-electron chi connectivity index (χ3n) is 4.65. The highest BCUT2D eigenvalue weighted by molar-refractivity contribution is 5.81. The zero-order valence-corrected chi connectivity index (χ0v) is 16.6. The van der Waals surface area contributed by atoms with Crippen LogP contribution in [0.3, 0.4) is 0 Å². The first-order valence-electron chi connectivity index (χ1n) is 9.49. The summed E-state index contributed by atoms with van der Waals surface area (Å²) in [6.45, 7) is -0.0698. The highest BCUT2D eigenvalue weighted by Gasteiger charge is 2.12. The third kappa shape index (κ3) is 4.80. The van der Waals surface area contributed by atoms with Crippen LogP contribution in [0.1, 0.15) is 17.9 Å². The second-order valence-corrected chi connectivity index (χ2v) is 6.74. The first-order chi connectivity index (χ1) is 15.0. The summed E-state index contributed by atoms with van der Waals surface area (Å²) in [4.78, 5) is 28.1. The molecule has 0 bridgehead atoms. The van der Waals surface area contributed by atoms with Crippen LogP contribution < -0.4 is 10.4 Å². The molecule has 0 aliphatic carbocycles. The lowest BCUT2D eigenvalue weighted by Gasteiger charge is -2.08. The van der Waals surface area contributed by atoms with Gasteiger partial charge < -0.3 is 18.3 Å². The Morgan fingerprint density at radius 3 is 2.68 bits per heavy atom. The maximum Gasteiger partial charge on any atom is 0.336 e. The predicted molar refractivity (Wildman–Crippen MR) is 109 cm³/mol. The Hall–Kier alpha value is -3.94. The van der Waals surface area contributed by atoms with Crippen molar-refractivity contribution in [3.63, 3.8) is 0 Å². The number of carbonyl (C=O) groups is 1. The van der Waals surface area contributed by atoms with Gasteiger partial charge in [0.05, 0.1) is 19.7 Å². The van der Waals surface area contributed by atoms with Crippen molar-refractivity contribution in [1.82, 2.24) is 4.98 Å². The Balaban J connectivity index is 1.37.